The molecular formula is C44H58Br2O4S5. The molecule has 0 bridgehead atoms. The van der Waals surface area contributed by atoms with Gasteiger partial charge in [0.15, 0.2) is 0 Å². The second-order valence-electron chi connectivity index (χ2n) is 15.0. The molecule has 302 valence electrons. The Morgan fingerprint density at radius 1 is 0.455 bits per heavy atom. The van der Waals surface area contributed by atoms with Crippen LogP contribution < -0.4 is 0 Å². The molecule has 2 aliphatic heterocycles. The summed E-state index contributed by atoms with van der Waals surface area (Å²) in [5, 5.41) is 0. The zero-order valence-electron chi connectivity index (χ0n) is 33.0. The van der Waals surface area contributed by atoms with Crippen LogP contribution >= 0.6 is 65.9 Å². The van der Waals surface area contributed by atoms with Crippen LogP contribution in [0, 0.1) is 0 Å². The molecule has 0 N–H and O–H groups in total. The molecule has 3 aromatic rings. The molecule has 55 heavy (non-hydrogen) atoms. The first-order chi connectivity index (χ1) is 26.5. The minimum atomic E-state index is -3.84. The van der Waals surface area contributed by atoms with Gasteiger partial charge in [0, 0.05) is 19.5 Å². The highest BCUT2D eigenvalue weighted by Gasteiger charge is 2.39. The van der Waals surface area contributed by atoms with Gasteiger partial charge in [-0.25, -0.2) is 16.8 Å². The zero-order chi connectivity index (χ0) is 39.6. The van der Waals surface area contributed by atoms with Gasteiger partial charge in [-0.1, -0.05) is 105 Å². The van der Waals surface area contributed by atoms with Crippen LogP contribution in [0.3, 0.4) is 0 Å². The van der Waals surface area contributed by atoms with Gasteiger partial charge >= 0.3 is 0 Å². The average molecular weight is 971 g/mol. The van der Waals surface area contributed by atoms with Crippen molar-refractivity contribution >= 4 is 105 Å². The van der Waals surface area contributed by atoms with E-state index in [0.717, 1.165) is 129 Å². The van der Waals surface area contributed by atoms with Crippen LogP contribution in [0.5, 0.6) is 0 Å². The van der Waals surface area contributed by atoms with Crippen molar-refractivity contribution in [3.8, 4) is 0 Å². The van der Waals surface area contributed by atoms with Crippen molar-refractivity contribution in [1.29, 1.82) is 0 Å². The minimum Gasteiger partial charge on any atom is -0.218 e. The maximum atomic E-state index is 14.6. The van der Waals surface area contributed by atoms with Crippen LogP contribution in [0.15, 0.2) is 55.1 Å². The van der Waals surface area contributed by atoms with Gasteiger partial charge in [0.05, 0.1) is 27.2 Å². The Kier molecular flexibility index (Phi) is 17.4. The molecule has 0 saturated carbocycles. The number of sulfone groups is 2. The van der Waals surface area contributed by atoms with E-state index >= 15 is 0 Å². The summed E-state index contributed by atoms with van der Waals surface area (Å²) >= 11 is 11.8. The Morgan fingerprint density at radius 2 is 0.800 bits per heavy atom. The van der Waals surface area contributed by atoms with Crippen LogP contribution in [0.25, 0.3) is 19.6 Å². The van der Waals surface area contributed by atoms with Crippen LogP contribution in [0.2, 0.25) is 0 Å². The Balaban J connectivity index is 1.49. The molecule has 5 heterocycles. The number of unbranched alkanes of at least 4 members (excludes halogenated alkanes) is 12. The molecule has 0 atom stereocenters. The fraction of sp³-hybridized carbons (Fsp3) is 0.545. The summed E-state index contributed by atoms with van der Waals surface area (Å²) in [6.07, 6.45) is 24.6. The predicted molar refractivity (Wildman–Crippen MR) is 249 cm³/mol. The van der Waals surface area contributed by atoms with E-state index in [-0.39, 0.29) is 0 Å². The number of hydrogen-bond donors (Lipinski definition) is 0. The SMILES string of the molecule is CCCCCCC1=C(c2ccc(C3=C(CCCCCC)C=C(c4cc(CCCCCC)c(Br)s4)S3(=O)=O)s2)S(=O)(=O)C(c2cc(CCCCCC)c(Br)s2)=C1. The van der Waals surface area contributed by atoms with Crippen LogP contribution in [-0.4, -0.2) is 16.8 Å². The summed E-state index contributed by atoms with van der Waals surface area (Å²) in [5.74, 6) is 0. The summed E-state index contributed by atoms with van der Waals surface area (Å²) in [6, 6.07) is 7.83. The van der Waals surface area contributed by atoms with Gasteiger partial charge < -0.3 is 0 Å². The Hall–Kier alpha value is -1.08. The molecular weight excluding hydrogens is 913 g/mol. The molecule has 2 aliphatic rings. The van der Waals surface area contributed by atoms with E-state index in [2.05, 4.69) is 71.7 Å². The van der Waals surface area contributed by atoms with Crippen molar-refractivity contribution < 1.29 is 16.8 Å². The van der Waals surface area contributed by atoms with Crippen molar-refractivity contribution in [1.82, 2.24) is 0 Å². The number of halogens is 2. The molecule has 0 unspecified atom stereocenters. The molecule has 0 saturated heterocycles. The number of thiophene rings is 3. The van der Waals surface area contributed by atoms with Gasteiger partial charge in [-0.2, -0.15) is 0 Å². The van der Waals surface area contributed by atoms with Crippen molar-refractivity contribution in [2.24, 2.45) is 0 Å². The van der Waals surface area contributed by atoms with E-state index < -0.39 is 19.7 Å². The van der Waals surface area contributed by atoms with E-state index in [0.29, 0.717) is 42.2 Å². The lowest BCUT2D eigenvalue weighted by Gasteiger charge is -2.08. The third-order valence-corrected chi connectivity index (χ3v) is 20.1. The molecule has 0 amide bonds. The lowest BCUT2D eigenvalue weighted by Crippen LogP contribution is -2.02. The zero-order valence-corrected chi connectivity index (χ0v) is 40.3. The smallest absolute Gasteiger partial charge is 0.209 e. The number of aryl methyl sites for hydroxylation is 2. The van der Waals surface area contributed by atoms with Gasteiger partial charge in [-0.3, -0.25) is 0 Å². The van der Waals surface area contributed by atoms with E-state index in [1.165, 1.54) is 59.7 Å². The van der Waals surface area contributed by atoms with E-state index in [1.54, 1.807) is 0 Å². The Morgan fingerprint density at radius 3 is 1.15 bits per heavy atom. The predicted octanol–water partition coefficient (Wildman–Crippen LogP) is 15.9. The number of allylic oxidation sites excluding steroid dienone is 4. The summed E-state index contributed by atoms with van der Waals surface area (Å²) < 4.78 is 60.6. The minimum absolute atomic E-state index is 0.354. The Labute approximate surface area is 360 Å². The van der Waals surface area contributed by atoms with Gasteiger partial charge in [0.25, 0.3) is 0 Å². The fourth-order valence-corrected chi connectivity index (χ4v) is 17.0. The first-order valence-electron chi connectivity index (χ1n) is 20.5. The molecule has 0 radical (unpaired) electrons. The monoisotopic (exact) mass is 968 g/mol. The second-order valence-corrected chi connectivity index (χ2v) is 24.5. The van der Waals surface area contributed by atoms with Crippen LogP contribution in [-0.2, 0) is 32.5 Å². The van der Waals surface area contributed by atoms with Crippen molar-refractivity contribution in [3.63, 3.8) is 0 Å². The highest BCUT2D eigenvalue weighted by Crippen LogP contribution is 2.51. The third-order valence-electron chi connectivity index (χ3n) is 10.6. The maximum absolute atomic E-state index is 14.6. The maximum Gasteiger partial charge on any atom is 0.209 e. The van der Waals surface area contributed by atoms with E-state index in [4.69, 9.17) is 0 Å². The highest BCUT2D eigenvalue weighted by atomic mass is 79.9. The summed E-state index contributed by atoms with van der Waals surface area (Å²) in [4.78, 5) is 4.23. The molecule has 3 aromatic heterocycles. The molecule has 0 spiro atoms. The molecule has 4 nitrogen and oxygen atoms in total. The molecule has 0 fully saturated rings. The van der Waals surface area contributed by atoms with Gasteiger partial charge in [0.1, 0.15) is 0 Å². The summed E-state index contributed by atoms with van der Waals surface area (Å²) in [6.45, 7) is 8.77. The van der Waals surface area contributed by atoms with Gasteiger partial charge in [0.2, 0.25) is 19.7 Å². The van der Waals surface area contributed by atoms with Gasteiger partial charge in [-0.15, -0.1) is 34.0 Å². The van der Waals surface area contributed by atoms with Crippen LogP contribution in [0.4, 0.5) is 0 Å². The standard InChI is InChI=1S/C44H58Br2O4S5/c1-5-9-13-17-21-31-29-39(37-27-33(43(45)52-37)23-19-15-11-7-3)54(47,48)41(31)35-25-26-36(51-35)42-32(22-18-14-10-6-2)30-40(55(42,49)50)38-28-34(44(46)53-38)24-20-16-12-8-4/h25-30H,5-24H2,1-4H3. The third kappa shape index (κ3) is 11.0. The lowest BCUT2D eigenvalue weighted by molar-refractivity contribution is 0.613. The molecule has 5 rings (SSSR count). The van der Waals surface area contributed by atoms with Gasteiger partial charge in [-0.05, 0) is 142 Å². The molecule has 0 aromatic carbocycles. The molecule has 11 heteroatoms. The topological polar surface area (TPSA) is 68.3 Å². The van der Waals surface area contributed by atoms with E-state index in [9.17, 15) is 16.8 Å². The first kappa shape index (κ1) is 45.0. The highest BCUT2D eigenvalue weighted by molar-refractivity contribution is 9.11. The van der Waals surface area contributed by atoms with Crippen molar-refractivity contribution in [2.75, 3.05) is 0 Å². The Bertz CT molecular complexity index is 1970. The largest absolute Gasteiger partial charge is 0.218 e. The molecule has 0 aliphatic carbocycles. The first-order valence-corrected chi connectivity index (χ1v) is 27.6. The van der Waals surface area contributed by atoms with E-state index in [1.807, 2.05) is 24.3 Å². The van der Waals surface area contributed by atoms with Crippen molar-refractivity contribution in [2.45, 2.75) is 156 Å². The van der Waals surface area contributed by atoms with Crippen molar-refractivity contribution in [3.05, 3.63) is 85.8 Å². The van der Waals surface area contributed by atoms with Crippen LogP contribution in [0.1, 0.15) is 174 Å². The number of rotatable bonds is 24. The fourth-order valence-electron chi connectivity index (χ4n) is 7.48. The summed E-state index contributed by atoms with van der Waals surface area (Å²) in [7, 11) is -7.68. The summed E-state index contributed by atoms with van der Waals surface area (Å²) in [5.41, 5.74) is 4.01. The second kappa shape index (κ2) is 21.3. The number of hydrogen-bond acceptors (Lipinski definition) is 7. The quantitative estimate of drug-likeness (QED) is 0.0839. The lowest BCUT2D eigenvalue weighted by atomic mass is 10.0. The average Bonchev–Trinajstić information content (AvgIpc) is 3.95. The normalized spacial score (nSPS) is 16.5.